The maximum absolute atomic E-state index is 13.3. The Morgan fingerprint density at radius 2 is 1.70 bits per heavy atom. The standard InChI is InChI=1S/C17H16N2O6S2/c1-8(20)19-15(27-10(3)22)14(23)18-17(16(19)24)13(26-9(2)21)11-6-4-5-7-12(11)25-17/h4-7,13,15H,1-3H3,(H,18,23)/t13-,15-,17-/m1/s1. The van der Waals surface area contributed by atoms with Crippen molar-refractivity contribution in [2.75, 3.05) is 0 Å². The number of carbonyl (C=O) groups is 5. The van der Waals surface area contributed by atoms with Crippen LogP contribution >= 0.6 is 23.5 Å². The highest BCUT2D eigenvalue weighted by Crippen LogP contribution is 2.52. The number of thioether (sulfide) groups is 2. The summed E-state index contributed by atoms with van der Waals surface area (Å²) in [6.45, 7) is 3.71. The third-order valence-electron chi connectivity index (χ3n) is 4.05. The van der Waals surface area contributed by atoms with Gasteiger partial charge < -0.3 is 10.1 Å². The number of nitrogens with one attached hydrogen (secondary N) is 1. The lowest BCUT2D eigenvalue weighted by Gasteiger charge is -2.43. The topological polar surface area (TPSA) is 110 Å². The van der Waals surface area contributed by atoms with E-state index in [1.807, 2.05) is 0 Å². The number of piperazine rings is 1. The molecule has 0 aliphatic carbocycles. The molecule has 27 heavy (non-hydrogen) atoms. The number of rotatable bonds is 2. The predicted molar refractivity (Wildman–Crippen MR) is 98.5 cm³/mol. The second-order valence-electron chi connectivity index (χ2n) is 6.01. The number of imide groups is 1. The fourth-order valence-electron chi connectivity index (χ4n) is 3.07. The van der Waals surface area contributed by atoms with Crippen molar-refractivity contribution < 1.29 is 28.7 Å². The highest BCUT2D eigenvalue weighted by Gasteiger charge is 2.63. The predicted octanol–water partition coefficient (Wildman–Crippen LogP) is 1.21. The van der Waals surface area contributed by atoms with Gasteiger partial charge in [-0.15, -0.1) is 0 Å². The van der Waals surface area contributed by atoms with Crippen LogP contribution in [-0.4, -0.2) is 44.0 Å². The van der Waals surface area contributed by atoms with Crippen LogP contribution in [0, 0.1) is 0 Å². The minimum Gasteiger partial charge on any atom is -0.457 e. The monoisotopic (exact) mass is 408 g/mol. The Hall–Kier alpha value is -2.33. The first-order chi connectivity index (χ1) is 12.7. The van der Waals surface area contributed by atoms with Crippen LogP contribution < -0.4 is 10.1 Å². The lowest BCUT2D eigenvalue weighted by Crippen LogP contribution is -2.73. The molecule has 0 radical (unpaired) electrons. The first-order valence-electron chi connectivity index (χ1n) is 7.96. The SMILES string of the molecule is CC(=O)S[C@@H]1C(=O)N[C@]2(Oc3ccccc3[C@H]2SC(C)=O)C(=O)N1C(C)=O. The van der Waals surface area contributed by atoms with Crippen molar-refractivity contribution >= 4 is 51.5 Å². The van der Waals surface area contributed by atoms with Crippen molar-refractivity contribution in [1.82, 2.24) is 10.2 Å². The quantitative estimate of drug-likeness (QED) is 0.778. The van der Waals surface area contributed by atoms with Crippen LogP contribution in [0.4, 0.5) is 0 Å². The summed E-state index contributed by atoms with van der Waals surface area (Å²) in [5.74, 6) is -1.89. The Morgan fingerprint density at radius 1 is 1.07 bits per heavy atom. The number of ether oxygens (including phenoxy) is 1. The number of fused-ring (bicyclic) bond motifs is 1. The number of benzene rings is 1. The Labute approximate surface area is 163 Å². The number of hydrogen-bond donors (Lipinski definition) is 1. The zero-order valence-corrected chi connectivity index (χ0v) is 16.3. The van der Waals surface area contributed by atoms with Gasteiger partial charge in [0.1, 0.15) is 11.0 Å². The Balaban J connectivity index is 2.10. The normalized spacial score (nSPS) is 26.4. The van der Waals surface area contributed by atoms with Gasteiger partial charge in [-0.05, 0) is 6.07 Å². The Morgan fingerprint density at radius 3 is 2.30 bits per heavy atom. The zero-order valence-electron chi connectivity index (χ0n) is 14.7. The molecule has 8 nitrogen and oxygen atoms in total. The number of carbonyl (C=O) groups excluding carboxylic acids is 5. The van der Waals surface area contributed by atoms with Crippen LogP contribution in [0.5, 0.6) is 5.75 Å². The van der Waals surface area contributed by atoms with Gasteiger partial charge in [0.25, 0.3) is 17.5 Å². The van der Waals surface area contributed by atoms with Crippen molar-refractivity contribution in [2.24, 2.45) is 0 Å². The van der Waals surface area contributed by atoms with E-state index < -0.39 is 39.2 Å². The summed E-state index contributed by atoms with van der Waals surface area (Å²) < 4.78 is 5.82. The molecule has 10 heteroatoms. The zero-order chi connectivity index (χ0) is 19.9. The second kappa shape index (κ2) is 7.01. The summed E-state index contributed by atoms with van der Waals surface area (Å²) in [6, 6.07) is 6.73. The van der Waals surface area contributed by atoms with E-state index in [0.717, 1.165) is 23.6 Å². The van der Waals surface area contributed by atoms with Gasteiger partial charge >= 0.3 is 0 Å². The first-order valence-corrected chi connectivity index (χ1v) is 9.72. The van der Waals surface area contributed by atoms with Crippen LogP contribution in [0.3, 0.4) is 0 Å². The minimum absolute atomic E-state index is 0.281. The van der Waals surface area contributed by atoms with Crippen molar-refractivity contribution in [1.29, 1.82) is 0 Å². The summed E-state index contributed by atoms with van der Waals surface area (Å²) in [5, 5.41) is -0.362. The van der Waals surface area contributed by atoms with Gasteiger partial charge in [-0.2, -0.15) is 0 Å². The molecule has 1 fully saturated rings. The van der Waals surface area contributed by atoms with Crippen LogP contribution in [0.2, 0.25) is 0 Å². The van der Waals surface area contributed by atoms with Crippen molar-refractivity contribution in [3.63, 3.8) is 0 Å². The third-order valence-corrected chi connectivity index (χ3v) is 6.18. The number of para-hydroxylation sites is 1. The largest absolute Gasteiger partial charge is 0.457 e. The van der Waals surface area contributed by atoms with E-state index in [4.69, 9.17) is 4.74 Å². The maximum Gasteiger partial charge on any atom is 0.298 e. The van der Waals surface area contributed by atoms with E-state index >= 15 is 0 Å². The van der Waals surface area contributed by atoms with Gasteiger partial charge in [-0.3, -0.25) is 28.9 Å². The van der Waals surface area contributed by atoms with E-state index in [-0.39, 0.29) is 5.12 Å². The lowest BCUT2D eigenvalue weighted by atomic mass is 10.0. The molecular weight excluding hydrogens is 392 g/mol. The van der Waals surface area contributed by atoms with Crippen molar-refractivity contribution in [3.8, 4) is 5.75 Å². The molecule has 1 aromatic carbocycles. The summed E-state index contributed by atoms with van der Waals surface area (Å²) in [6.07, 6.45) is 0. The molecule has 0 unspecified atom stereocenters. The molecule has 0 bridgehead atoms. The molecule has 3 atom stereocenters. The molecule has 3 amide bonds. The molecule has 142 valence electrons. The second-order valence-corrected chi connectivity index (χ2v) is 8.55. The van der Waals surface area contributed by atoms with E-state index in [9.17, 15) is 24.0 Å². The molecule has 1 saturated heterocycles. The first kappa shape index (κ1) is 19.4. The summed E-state index contributed by atoms with van der Waals surface area (Å²) in [7, 11) is 0. The van der Waals surface area contributed by atoms with Crippen LogP contribution in [-0.2, 0) is 24.0 Å². The van der Waals surface area contributed by atoms with Gasteiger partial charge in [0, 0.05) is 26.3 Å². The van der Waals surface area contributed by atoms with Gasteiger partial charge in [0.05, 0.1) is 0 Å². The fraction of sp³-hybridized carbons (Fsp3) is 0.353. The highest BCUT2D eigenvalue weighted by molar-refractivity contribution is 8.14. The molecule has 2 aliphatic heterocycles. The molecule has 2 heterocycles. The molecule has 1 N–H and O–H groups in total. The minimum atomic E-state index is -1.93. The number of hydrogen-bond acceptors (Lipinski definition) is 8. The van der Waals surface area contributed by atoms with Crippen LogP contribution in [0.25, 0.3) is 0 Å². The third kappa shape index (κ3) is 3.23. The van der Waals surface area contributed by atoms with E-state index in [1.54, 1.807) is 24.3 Å². The van der Waals surface area contributed by atoms with Crippen molar-refractivity contribution in [3.05, 3.63) is 29.8 Å². The van der Waals surface area contributed by atoms with Crippen LogP contribution in [0.15, 0.2) is 24.3 Å². The molecule has 0 aromatic heterocycles. The summed E-state index contributed by atoms with van der Waals surface area (Å²) in [5.41, 5.74) is -1.37. The van der Waals surface area contributed by atoms with Gasteiger partial charge in [0.15, 0.2) is 15.6 Å². The summed E-state index contributed by atoms with van der Waals surface area (Å²) in [4.78, 5) is 62.2. The molecule has 1 aromatic rings. The number of amides is 3. The van der Waals surface area contributed by atoms with Gasteiger partial charge in [0.2, 0.25) is 5.91 Å². The molecule has 1 spiro atoms. The molecule has 2 aliphatic rings. The number of nitrogens with zero attached hydrogens (tertiary/aromatic N) is 1. The van der Waals surface area contributed by atoms with Gasteiger partial charge in [-0.25, -0.2) is 0 Å². The average Bonchev–Trinajstić information content (AvgIpc) is 2.86. The molecule has 3 rings (SSSR count). The van der Waals surface area contributed by atoms with E-state index in [1.165, 1.54) is 13.8 Å². The highest BCUT2D eigenvalue weighted by atomic mass is 32.2. The van der Waals surface area contributed by atoms with Crippen molar-refractivity contribution in [2.45, 2.75) is 37.1 Å². The smallest absolute Gasteiger partial charge is 0.298 e. The lowest BCUT2D eigenvalue weighted by molar-refractivity contribution is -0.168. The van der Waals surface area contributed by atoms with Crippen LogP contribution in [0.1, 0.15) is 31.6 Å². The molecular formula is C17H16N2O6S2. The molecule has 0 saturated carbocycles. The Bertz CT molecular complexity index is 873. The van der Waals surface area contributed by atoms with E-state index in [0.29, 0.717) is 23.1 Å². The van der Waals surface area contributed by atoms with E-state index in [2.05, 4.69) is 5.32 Å². The fourth-order valence-corrected chi connectivity index (χ4v) is 4.93. The Kier molecular flexibility index (Phi) is 5.04. The average molecular weight is 408 g/mol. The summed E-state index contributed by atoms with van der Waals surface area (Å²) >= 11 is 1.40. The maximum atomic E-state index is 13.3. The van der Waals surface area contributed by atoms with Gasteiger partial charge in [-0.1, -0.05) is 41.7 Å².